The van der Waals surface area contributed by atoms with Crippen LogP contribution in [0.25, 0.3) is 22.0 Å². The molecule has 1 heterocycles. The van der Waals surface area contributed by atoms with E-state index in [0.717, 1.165) is 29.9 Å². The number of rotatable bonds is 4. The molecule has 0 saturated carbocycles. The van der Waals surface area contributed by atoms with Gasteiger partial charge in [-0.05, 0) is 35.9 Å². The Kier molecular flexibility index (Phi) is 3.70. The van der Waals surface area contributed by atoms with E-state index in [4.69, 9.17) is 5.73 Å². The molecule has 2 aromatic carbocycles. The molecule has 0 aliphatic rings. The second-order valence-electron chi connectivity index (χ2n) is 4.81. The van der Waals surface area contributed by atoms with Gasteiger partial charge in [0.1, 0.15) is 5.82 Å². The maximum atomic E-state index is 5.53. The van der Waals surface area contributed by atoms with Crippen LogP contribution in [-0.2, 0) is 6.42 Å². The molecule has 0 aliphatic heterocycles. The van der Waals surface area contributed by atoms with Gasteiger partial charge in [-0.2, -0.15) is 0 Å². The number of aromatic nitrogens is 2. The van der Waals surface area contributed by atoms with Crippen LogP contribution in [0.4, 0.5) is 0 Å². The third-order valence-electron chi connectivity index (χ3n) is 3.36. The predicted octanol–water partition coefficient (Wildman–Crippen LogP) is 3.19. The Bertz CT molecular complexity index is 722. The largest absolute Gasteiger partial charge is 0.330 e. The summed E-state index contributed by atoms with van der Waals surface area (Å²) in [7, 11) is 0. The van der Waals surface area contributed by atoms with Crippen molar-refractivity contribution in [2.45, 2.75) is 12.8 Å². The lowest BCUT2D eigenvalue weighted by atomic mass is 10.0. The van der Waals surface area contributed by atoms with Gasteiger partial charge < -0.3 is 5.73 Å². The van der Waals surface area contributed by atoms with Crippen molar-refractivity contribution in [3.8, 4) is 11.3 Å². The van der Waals surface area contributed by atoms with Gasteiger partial charge in [-0.15, -0.1) is 0 Å². The number of nitrogens with zero attached hydrogens (tertiary/aromatic N) is 2. The zero-order valence-corrected chi connectivity index (χ0v) is 11.3. The number of hydrogen-bond acceptors (Lipinski definition) is 3. The van der Waals surface area contributed by atoms with Gasteiger partial charge in [0.25, 0.3) is 0 Å². The lowest BCUT2D eigenvalue weighted by molar-refractivity contribution is 0.782. The summed E-state index contributed by atoms with van der Waals surface area (Å²) >= 11 is 0. The lowest BCUT2D eigenvalue weighted by Crippen LogP contribution is -2.03. The number of aryl methyl sites for hydroxylation is 1. The molecule has 1 aromatic heterocycles. The fourth-order valence-electron chi connectivity index (χ4n) is 2.29. The number of fused-ring (bicyclic) bond motifs is 1. The van der Waals surface area contributed by atoms with Gasteiger partial charge in [0.15, 0.2) is 0 Å². The summed E-state index contributed by atoms with van der Waals surface area (Å²) in [5, 5.41) is 2.47. The highest BCUT2D eigenvalue weighted by molar-refractivity contribution is 5.86. The maximum absolute atomic E-state index is 5.53. The topological polar surface area (TPSA) is 51.8 Å². The standard InChI is InChI=1S/C17H17N3/c18-10-3-6-17-19-11-9-16(20-17)15-8-7-13-4-1-2-5-14(13)12-15/h1-2,4-5,7-9,11-12H,3,6,10,18H2. The van der Waals surface area contributed by atoms with E-state index in [1.165, 1.54) is 10.8 Å². The average molecular weight is 263 g/mol. The maximum Gasteiger partial charge on any atom is 0.128 e. The molecule has 100 valence electrons. The van der Waals surface area contributed by atoms with Gasteiger partial charge in [-0.1, -0.05) is 36.4 Å². The quantitative estimate of drug-likeness (QED) is 0.786. The third-order valence-corrected chi connectivity index (χ3v) is 3.36. The molecule has 0 bridgehead atoms. The van der Waals surface area contributed by atoms with E-state index in [1.54, 1.807) is 0 Å². The van der Waals surface area contributed by atoms with Crippen molar-refractivity contribution in [1.29, 1.82) is 0 Å². The van der Waals surface area contributed by atoms with Crippen LogP contribution in [0.2, 0.25) is 0 Å². The van der Waals surface area contributed by atoms with Crippen LogP contribution in [0.1, 0.15) is 12.2 Å². The zero-order chi connectivity index (χ0) is 13.8. The van der Waals surface area contributed by atoms with Crippen molar-refractivity contribution in [1.82, 2.24) is 9.97 Å². The molecule has 3 aromatic rings. The third kappa shape index (κ3) is 2.68. The van der Waals surface area contributed by atoms with Gasteiger partial charge in [0, 0.05) is 18.2 Å². The molecular weight excluding hydrogens is 246 g/mol. The summed E-state index contributed by atoms with van der Waals surface area (Å²) < 4.78 is 0. The minimum atomic E-state index is 0.670. The van der Waals surface area contributed by atoms with Gasteiger partial charge in [-0.25, -0.2) is 9.97 Å². The summed E-state index contributed by atoms with van der Waals surface area (Å²) in [6, 6.07) is 16.7. The molecule has 2 N–H and O–H groups in total. The smallest absolute Gasteiger partial charge is 0.128 e. The first-order valence-corrected chi connectivity index (χ1v) is 6.88. The normalized spacial score (nSPS) is 10.8. The van der Waals surface area contributed by atoms with Crippen LogP contribution < -0.4 is 5.73 Å². The Hall–Kier alpha value is -2.26. The number of hydrogen-bond donors (Lipinski definition) is 1. The molecule has 0 spiro atoms. The van der Waals surface area contributed by atoms with Crippen molar-refractivity contribution in [3.05, 3.63) is 60.6 Å². The highest BCUT2D eigenvalue weighted by atomic mass is 14.9. The van der Waals surface area contributed by atoms with Gasteiger partial charge in [0.2, 0.25) is 0 Å². The fraction of sp³-hybridized carbons (Fsp3) is 0.176. The fourth-order valence-corrected chi connectivity index (χ4v) is 2.29. The van der Waals surface area contributed by atoms with Crippen LogP contribution in [0.5, 0.6) is 0 Å². The highest BCUT2D eigenvalue weighted by Crippen LogP contribution is 2.22. The Balaban J connectivity index is 1.97. The Morgan fingerprint density at radius 3 is 2.65 bits per heavy atom. The van der Waals surface area contributed by atoms with E-state index in [-0.39, 0.29) is 0 Å². The molecule has 0 atom stereocenters. The van der Waals surface area contributed by atoms with Crippen LogP contribution in [0, 0.1) is 0 Å². The van der Waals surface area contributed by atoms with Crippen LogP contribution >= 0.6 is 0 Å². The zero-order valence-electron chi connectivity index (χ0n) is 11.3. The van der Waals surface area contributed by atoms with E-state index in [0.29, 0.717) is 6.54 Å². The van der Waals surface area contributed by atoms with E-state index in [9.17, 15) is 0 Å². The Morgan fingerprint density at radius 1 is 0.950 bits per heavy atom. The Morgan fingerprint density at radius 2 is 1.80 bits per heavy atom. The molecule has 0 fully saturated rings. The molecule has 3 heteroatoms. The first kappa shape index (κ1) is 12.8. The Labute approximate surface area is 118 Å². The van der Waals surface area contributed by atoms with E-state index in [1.807, 2.05) is 12.3 Å². The molecule has 3 nitrogen and oxygen atoms in total. The van der Waals surface area contributed by atoms with Crippen LogP contribution in [-0.4, -0.2) is 16.5 Å². The van der Waals surface area contributed by atoms with Crippen LogP contribution in [0.3, 0.4) is 0 Å². The molecule has 0 radical (unpaired) electrons. The van der Waals surface area contributed by atoms with E-state index in [2.05, 4.69) is 52.4 Å². The minimum Gasteiger partial charge on any atom is -0.330 e. The van der Waals surface area contributed by atoms with E-state index >= 15 is 0 Å². The predicted molar refractivity (Wildman–Crippen MR) is 82.3 cm³/mol. The minimum absolute atomic E-state index is 0.670. The summed E-state index contributed by atoms with van der Waals surface area (Å²) in [5.74, 6) is 0.862. The molecule has 20 heavy (non-hydrogen) atoms. The van der Waals surface area contributed by atoms with Crippen molar-refractivity contribution in [2.24, 2.45) is 5.73 Å². The molecule has 0 aliphatic carbocycles. The van der Waals surface area contributed by atoms with Crippen molar-refractivity contribution >= 4 is 10.8 Å². The van der Waals surface area contributed by atoms with Crippen LogP contribution in [0.15, 0.2) is 54.7 Å². The summed E-state index contributed by atoms with van der Waals surface area (Å²) in [6.45, 7) is 0.670. The summed E-state index contributed by atoms with van der Waals surface area (Å²) in [6.07, 6.45) is 3.57. The second-order valence-corrected chi connectivity index (χ2v) is 4.81. The molecular formula is C17H17N3. The van der Waals surface area contributed by atoms with Gasteiger partial charge >= 0.3 is 0 Å². The molecule has 0 saturated heterocycles. The van der Waals surface area contributed by atoms with E-state index < -0.39 is 0 Å². The van der Waals surface area contributed by atoms with Gasteiger partial charge in [0.05, 0.1) is 5.69 Å². The second kappa shape index (κ2) is 5.80. The summed E-state index contributed by atoms with van der Waals surface area (Å²) in [5.41, 5.74) is 7.63. The van der Waals surface area contributed by atoms with Gasteiger partial charge in [-0.3, -0.25) is 0 Å². The first-order valence-electron chi connectivity index (χ1n) is 6.88. The van der Waals surface area contributed by atoms with Crippen molar-refractivity contribution in [3.63, 3.8) is 0 Å². The molecule has 3 rings (SSSR count). The highest BCUT2D eigenvalue weighted by Gasteiger charge is 2.03. The monoisotopic (exact) mass is 263 g/mol. The number of benzene rings is 2. The SMILES string of the molecule is NCCCc1nccc(-c2ccc3ccccc3c2)n1. The number of nitrogens with two attached hydrogens (primary N) is 1. The molecule has 0 amide bonds. The first-order chi connectivity index (χ1) is 9.86. The molecule has 0 unspecified atom stereocenters. The average Bonchev–Trinajstić information content (AvgIpc) is 2.53. The summed E-state index contributed by atoms with van der Waals surface area (Å²) in [4.78, 5) is 8.92. The van der Waals surface area contributed by atoms with Crippen molar-refractivity contribution < 1.29 is 0 Å². The van der Waals surface area contributed by atoms with Crippen molar-refractivity contribution in [2.75, 3.05) is 6.54 Å². The lowest BCUT2D eigenvalue weighted by Gasteiger charge is -2.05.